The fraction of sp³-hybridized carbons (Fsp3) is 0.733. The van der Waals surface area contributed by atoms with Crippen molar-refractivity contribution >= 4 is 47.8 Å². The van der Waals surface area contributed by atoms with Crippen molar-refractivity contribution in [2.45, 2.75) is 103 Å². The van der Waals surface area contributed by atoms with Crippen molar-refractivity contribution in [2.24, 2.45) is 0 Å². The molecule has 2 N–H and O–H groups in total. The average molecular weight is 663 g/mol. The standard InChI is InChI=1S/C30H46O16/c31-23(32)9-1-2-10-25(35)41-17-3-4-19-43-27(37)13-14-29(39)45-21-7-8-22-46-30(40)16-15-28(38)44-20-6-5-18-42-26(36)12-11-24(33)34/h1-22H2,(H,31,32)(H,33,34). The van der Waals surface area contributed by atoms with Gasteiger partial charge in [0.2, 0.25) is 0 Å². The van der Waals surface area contributed by atoms with E-state index in [1.54, 1.807) is 0 Å². The lowest BCUT2D eigenvalue weighted by Gasteiger charge is -2.08. The lowest BCUT2D eigenvalue weighted by atomic mass is 10.2. The molecule has 0 fully saturated rings. The van der Waals surface area contributed by atoms with Gasteiger partial charge < -0.3 is 38.6 Å². The van der Waals surface area contributed by atoms with Crippen molar-refractivity contribution in [3.8, 4) is 0 Å². The molecule has 0 aliphatic carbocycles. The third kappa shape index (κ3) is 29.8. The first-order chi connectivity index (χ1) is 22.0. The molecule has 0 spiro atoms. The second kappa shape index (κ2) is 28.2. The van der Waals surface area contributed by atoms with Crippen LogP contribution in [0.2, 0.25) is 0 Å². The second-order valence-electron chi connectivity index (χ2n) is 9.94. The molecule has 0 saturated heterocycles. The Balaban J connectivity index is 3.59. The maximum Gasteiger partial charge on any atom is 0.306 e. The zero-order valence-corrected chi connectivity index (χ0v) is 26.2. The van der Waals surface area contributed by atoms with Gasteiger partial charge in [-0.25, -0.2) is 0 Å². The van der Waals surface area contributed by atoms with Gasteiger partial charge in [-0.3, -0.25) is 38.4 Å². The highest BCUT2D eigenvalue weighted by atomic mass is 16.6. The van der Waals surface area contributed by atoms with Crippen LogP contribution in [-0.4, -0.2) is 97.6 Å². The molecular weight excluding hydrogens is 616 g/mol. The van der Waals surface area contributed by atoms with Crippen molar-refractivity contribution in [2.75, 3.05) is 39.6 Å². The molecule has 0 unspecified atom stereocenters. The number of unbranched alkanes of at least 4 members (excludes halogenated alkanes) is 4. The molecule has 0 rings (SSSR count). The lowest BCUT2D eigenvalue weighted by molar-refractivity contribution is -0.151. The molecular formula is C30H46O16. The molecule has 0 aromatic rings. The first-order valence-corrected chi connectivity index (χ1v) is 15.4. The van der Waals surface area contributed by atoms with Gasteiger partial charge in [-0.1, -0.05) is 0 Å². The highest BCUT2D eigenvalue weighted by Gasteiger charge is 2.12. The van der Waals surface area contributed by atoms with Gasteiger partial charge in [0.15, 0.2) is 0 Å². The van der Waals surface area contributed by atoms with Crippen LogP contribution in [0.1, 0.15) is 103 Å². The Morgan fingerprint density at radius 2 is 0.500 bits per heavy atom. The number of aliphatic carboxylic acids is 2. The monoisotopic (exact) mass is 662 g/mol. The molecule has 0 aliphatic rings. The summed E-state index contributed by atoms with van der Waals surface area (Å²) < 4.78 is 29.9. The minimum Gasteiger partial charge on any atom is -0.481 e. The maximum absolute atomic E-state index is 11.8. The Labute approximate surface area is 267 Å². The van der Waals surface area contributed by atoms with E-state index in [9.17, 15) is 38.4 Å². The van der Waals surface area contributed by atoms with Crippen molar-refractivity contribution in [1.29, 1.82) is 0 Å². The van der Waals surface area contributed by atoms with E-state index in [2.05, 4.69) is 0 Å². The summed E-state index contributed by atoms with van der Waals surface area (Å²) >= 11 is 0. The maximum atomic E-state index is 11.8. The first-order valence-electron chi connectivity index (χ1n) is 15.4. The predicted octanol–water partition coefficient (Wildman–Crippen LogP) is 2.66. The molecule has 16 nitrogen and oxygen atoms in total. The molecule has 16 heteroatoms. The van der Waals surface area contributed by atoms with Crippen LogP contribution in [0.5, 0.6) is 0 Å². The minimum absolute atomic E-state index is 0.0102. The van der Waals surface area contributed by atoms with Crippen LogP contribution in [-0.2, 0) is 66.8 Å². The SMILES string of the molecule is O=C(O)CCCCC(=O)OCCCCOC(=O)CCC(=O)OCCCCOC(=O)CCC(=O)OCCCCOC(=O)CCC(=O)O. The van der Waals surface area contributed by atoms with Crippen LogP contribution in [0.15, 0.2) is 0 Å². The Bertz CT molecular complexity index is 961. The highest BCUT2D eigenvalue weighted by Crippen LogP contribution is 2.04. The molecule has 262 valence electrons. The number of ether oxygens (including phenoxy) is 6. The summed E-state index contributed by atoms with van der Waals surface area (Å²) in [4.78, 5) is 90.5. The topological polar surface area (TPSA) is 232 Å². The molecule has 0 heterocycles. The van der Waals surface area contributed by atoms with E-state index in [-0.39, 0.29) is 91.0 Å². The van der Waals surface area contributed by atoms with Gasteiger partial charge in [-0.05, 0) is 51.4 Å². The quantitative estimate of drug-likeness (QED) is 0.0665. The third-order valence-corrected chi connectivity index (χ3v) is 5.83. The van der Waals surface area contributed by atoms with E-state index in [1.807, 2.05) is 0 Å². The van der Waals surface area contributed by atoms with Crippen molar-refractivity contribution in [3.05, 3.63) is 0 Å². The Morgan fingerprint density at radius 1 is 0.283 bits per heavy atom. The van der Waals surface area contributed by atoms with E-state index in [0.717, 1.165) is 0 Å². The molecule has 0 aromatic carbocycles. The fourth-order valence-corrected chi connectivity index (χ4v) is 3.32. The normalized spacial score (nSPS) is 10.3. The Kier molecular flexibility index (Phi) is 25.6. The van der Waals surface area contributed by atoms with E-state index in [0.29, 0.717) is 51.4 Å². The average Bonchev–Trinajstić information content (AvgIpc) is 3.01. The smallest absolute Gasteiger partial charge is 0.306 e. The van der Waals surface area contributed by atoms with Gasteiger partial charge in [-0.2, -0.15) is 0 Å². The van der Waals surface area contributed by atoms with Gasteiger partial charge in [0.05, 0.1) is 78.2 Å². The highest BCUT2D eigenvalue weighted by molar-refractivity contribution is 5.78. The van der Waals surface area contributed by atoms with Crippen molar-refractivity contribution < 1.29 is 77.0 Å². The van der Waals surface area contributed by atoms with Gasteiger partial charge >= 0.3 is 47.8 Å². The van der Waals surface area contributed by atoms with Crippen LogP contribution in [0, 0.1) is 0 Å². The summed E-state index contributed by atoms with van der Waals surface area (Å²) in [5.74, 6) is -5.28. The summed E-state index contributed by atoms with van der Waals surface area (Å²) in [6.07, 6.45) is 2.58. The number of carboxylic acid groups (broad SMARTS) is 2. The minimum atomic E-state index is -1.09. The number of carboxylic acids is 2. The molecule has 0 atom stereocenters. The second-order valence-corrected chi connectivity index (χ2v) is 9.94. The summed E-state index contributed by atoms with van der Waals surface area (Å²) in [5.41, 5.74) is 0. The number of carbonyl (C=O) groups excluding carboxylic acids is 6. The largest absolute Gasteiger partial charge is 0.481 e. The Hall–Kier alpha value is -4.24. The molecule has 0 bridgehead atoms. The van der Waals surface area contributed by atoms with Crippen LogP contribution in [0.3, 0.4) is 0 Å². The Morgan fingerprint density at radius 3 is 0.761 bits per heavy atom. The van der Waals surface area contributed by atoms with Gasteiger partial charge in [0.25, 0.3) is 0 Å². The van der Waals surface area contributed by atoms with Crippen molar-refractivity contribution in [1.82, 2.24) is 0 Å². The van der Waals surface area contributed by atoms with Gasteiger partial charge in [0.1, 0.15) is 0 Å². The van der Waals surface area contributed by atoms with E-state index in [1.165, 1.54) is 0 Å². The van der Waals surface area contributed by atoms with Crippen LogP contribution >= 0.6 is 0 Å². The molecule has 46 heavy (non-hydrogen) atoms. The van der Waals surface area contributed by atoms with Crippen molar-refractivity contribution in [3.63, 3.8) is 0 Å². The number of rotatable bonds is 29. The first kappa shape index (κ1) is 41.8. The number of carbonyl (C=O) groups is 8. The molecule has 0 saturated carbocycles. The van der Waals surface area contributed by atoms with Crippen LogP contribution < -0.4 is 0 Å². The summed E-state index contributed by atoms with van der Waals surface area (Å²) in [6.45, 7) is 0.614. The zero-order valence-electron chi connectivity index (χ0n) is 26.2. The molecule has 0 aliphatic heterocycles. The predicted molar refractivity (Wildman–Crippen MR) is 155 cm³/mol. The number of hydrogen-bond acceptors (Lipinski definition) is 14. The summed E-state index contributed by atoms with van der Waals surface area (Å²) in [6, 6.07) is 0. The molecule has 0 aromatic heterocycles. The zero-order chi connectivity index (χ0) is 34.4. The number of esters is 6. The van der Waals surface area contributed by atoms with E-state index < -0.39 is 47.8 Å². The van der Waals surface area contributed by atoms with Gasteiger partial charge in [-0.15, -0.1) is 0 Å². The molecule has 0 radical (unpaired) electrons. The third-order valence-electron chi connectivity index (χ3n) is 5.83. The number of hydrogen-bond donors (Lipinski definition) is 2. The summed E-state index contributed by atoms with van der Waals surface area (Å²) in [7, 11) is 0. The molecule has 0 amide bonds. The summed E-state index contributed by atoms with van der Waals surface area (Å²) in [5, 5.41) is 17.0. The van der Waals surface area contributed by atoms with E-state index in [4.69, 9.17) is 38.6 Å². The van der Waals surface area contributed by atoms with Crippen LogP contribution in [0.25, 0.3) is 0 Å². The van der Waals surface area contributed by atoms with E-state index >= 15 is 0 Å². The lowest BCUT2D eigenvalue weighted by Crippen LogP contribution is -2.13. The van der Waals surface area contributed by atoms with Crippen LogP contribution in [0.4, 0.5) is 0 Å². The van der Waals surface area contributed by atoms with Gasteiger partial charge in [0, 0.05) is 12.8 Å². The fourth-order valence-electron chi connectivity index (χ4n) is 3.32.